The second-order valence-corrected chi connectivity index (χ2v) is 4.64. The van der Waals surface area contributed by atoms with Crippen molar-refractivity contribution in [2.45, 2.75) is 18.9 Å². The molecule has 1 aliphatic rings. The molecule has 0 unspecified atom stereocenters. The third-order valence-electron chi connectivity index (χ3n) is 3.08. The van der Waals surface area contributed by atoms with Gasteiger partial charge in [-0.05, 0) is 18.9 Å². The Morgan fingerprint density at radius 3 is 3.00 bits per heavy atom. The highest BCUT2D eigenvalue weighted by Crippen LogP contribution is 2.28. The van der Waals surface area contributed by atoms with Crippen LogP contribution in [0.15, 0.2) is 18.5 Å². The lowest BCUT2D eigenvalue weighted by molar-refractivity contribution is 0.0679. The number of rotatable bonds is 5. The van der Waals surface area contributed by atoms with Crippen LogP contribution in [0, 0.1) is 11.8 Å². The van der Waals surface area contributed by atoms with Gasteiger partial charge >= 0.3 is 0 Å². The predicted molar refractivity (Wildman–Crippen MR) is 74.1 cm³/mol. The molecule has 1 aromatic rings. The minimum absolute atomic E-state index is 0.0373. The number of hydrogen-bond acceptors (Lipinski definition) is 4. The summed E-state index contributed by atoms with van der Waals surface area (Å²) >= 11 is 0. The molecule has 1 saturated carbocycles. The molecule has 1 N–H and O–H groups in total. The minimum atomic E-state index is -0.208. The monoisotopic (exact) mass is 274 g/mol. The molecule has 0 aliphatic heterocycles. The standard InChI is InChI=1S/C15H18N2O3/c1-20-8-6-17(14-4-5-14)15(19)13-9-12(3-2-7-18)10-16-11-13/h9-11,14,18H,4-8H2,1H3. The van der Waals surface area contributed by atoms with E-state index in [4.69, 9.17) is 9.84 Å². The van der Waals surface area contributed by atoms with Gasteiger partial charge in [-0.15, -0.1) is 0 Å². The van der Waals surface area contributed by atoms with E-state index < -0.39 is 0 Å². The minimum Gasteiger partial charge on any atom is -0.384 e. The number of pyridine rings is 1. The molecule has 0 aromatic carbocycles. The third kappa shape index (κ3) is 3.80. The Balaban J connectivity index is 2.13. The molecule has 0 saturated heterocycles. The maximum absolute atomic E-state index is 12.5. The Hall–Kier alpha value is -1.90. The van der Waals surface area contributed by atoms with E-state index in [2.05, 4.69) is 16.8 Å². The lowest BCUT2D eigenvalue weighted by Gasteiger charge is -2.22. The Morgan fingerprint density at radius 1 is 1.55 bits per heavy atom. The molecule has 1 fully saturated rings. The SMILES string of the molecule is COCCN(C(=O)c1cncc(C#CCO)c1)C1CC1. The van der Waals surface area contributed by atoms with E-state index in [1.807, 2.05) is 4.90 Å². The van der Waals surface area contributed by atoms with Crippen molar-refractivity contribution in [3.05, 3.63) is 29.6 Å². The molecular weight excluding hydrogens is 256 g/mol. The first kappa shape index (κ1) is 14.5. The number of carbonyl (C=O) groups excluding carboxylic acids is 1. The molecule has 1 heterocycles. The van der Waals surface area contributed by atoms with Crippen molar-refractivity contribution in [3.63, 3.8) is 0 Å². The van der Waals surface area contributed by atoms with Crippen LogP contribution in [-0.4, -0.2) is 53.8 Å². The first-order chi connectivity index (χ1) is 9.76. The summed E-state index contributed by atoms with van der Waals surface area (Å²) in [5, 5.41) is 8.69. The van der Waals surface area contributed by atoms with E-state index in [-0.39, 0.29) is 12.5 Å². The van der Waals surface area contributed by atoms with Crippen LogP contribution < -0.4 is 0 Å². The third-order valence-corrected chi connectivity index (χ3v) is 3.08. The topological polar surface area (TPSA) is 62.7 Å². The molecule has 1 aromatic heterocycles. The highest BCUT2D eigenvalue weighted by atomic mass is 16.5. The average molecular weight is 274 g/mol. The van der Waals surface area contributed by atoms with Crippen LogP contribution >= 0.6 is 0 Å². The van der Waals surface area contributed by atoms with E-state index in [9.17, 15) is 4.79 Å². The molecule has 20 heavy (non-hydrogen) atoms. The van der Waals surface area contributed by atoms with Crippen molar-refractivity contribution < 1.29 is 14.6 Å². The van der Waals surface area contributed by atoms with Gasteiger partial charge in [-0.1, -0.05) is 11.8 Å². The second-order valence-electron chi connectivity index (χ2n) is 4.64. The van der Waals surface area contributed by atoms with Gasteiger partial charge in [-0.3, -0.25) is 9.78 Å². The number of hydrogen-bond donors (Lipinski definition) is 1. The fourth-order valence-corrected chi connectivity index (χ4v) is 1.96. The summed E-state index contributed by atoms with van der Waals surface area (Å²) in [5.74, 6) is 5.27. The van der Waals surface area contributed by atoms with Crippen LogP contribution in [0.1, 0.15) is 28.8 Å². The average Bonchev–Trinajstić information content (AvgIpc) is 3.30. The van der Waals surface area contributed by atoms with Crippen molar-refractivity contribution in [1.29, 1.82) is 0 Å². The van der Waals surface area contributed by atoms with E-state index >= 15 is 0 Å². The summed E-state index contributed by atoms with van der Waals surface area (Å²) < 4.78 is 5.05. The number of aliphatic hydroxyl groups is 1. The number of ether oxygens (including phenoxy) is 1. The van der Waals surface area contributed by atoms with Gasteiger partial charge < -0.3 is 14.7 Å². The van der Waals surface area contributed by atoms with Gasteiger partial charge in [0.05, 0.1) is 12.2 Å². The smallest absolute Gasteiger partial charge is 0.255 e. The van der Waals surface area contributed by atoms with E-state index in [0.717, 1.165) is 12.8 Å². The highest BCUT2D eigenvalue weighted by Gasteiger charge is 2.32. The first-order valence-electron chi connectivity index (χ1n) is 6.61. The molecule has 0 radical (unpaired) electrons. The Bertz CT molecular complexity index is 529. The van der Waals surface area contributed by atoms with Crippen LogP contribution in [-0.2, 0) is 4.74 Å². The van der Waals surface area contributed by atoms with E-state index in [1.54, 1.807) is 25.6 Å². The quantitative estimate of drug-likeness (QED) is 0.802. The fourth-order valence-electron chi connectivity index (χ4n) is 1.96. The van der Waals surface area contributed by atoms with Gasteiger partial charge in [0, 0.05) is 37.7 Å². The van der Waals surface area contributed by atoms with Crippen LogP contribution in [0.5, 0.6) is 0 Å². The highest BCUT2D eigenvalue weighted by molar-refractivity contribution is 5.94. The molecule has 0 bridgehead atoms. The summed E-state index contributed by atoms with van der Waals surface area (Å²) in [7, 11) is 1.63. The van der Waals surface area contributed by atoms with E-state index in [0.29, 0.717) is 30.3 Å². The number of methoxy groups -OCH3 is 1. The van der Waals surface area contributed by atoms with Crippen molar-refractivity contribution in [3.8, 4) is 11.8 Å². The first-order valence-corrected chi connectivity index (χ1v) is 6.61. The Labute approximate surface area is 118 Å². The predicted octanol–water partition coefficient (Wildman–Crippen LogP) is 0.676. The molecule has 1 amide bonds. The number of amides is 1. The molecular formula is C15H18N2O3. The molecule has 106 valence electrons. The zero-order valence-corrected chi connectivity index (χ0v) is 11.5. The summed E-state index contributed by atoms with van der Waals surface area (Å²) in [6, 6.07) is 2.03. The van der Waals surface area contributed by atoms with Crippen molar-refractivity contribution in [1.82, 2.24) is 9.88 Å². The van der Waals surface area contributed by atoms with Gasteiger partial charge in [-0.25, -0.2) is 0 Å². The van der Waals surface area contributed by atoms with Crippen LogP contribution in [0.25, 0.3) is 0 Å². The number of aromatic nitrogens is 1. The van der Waals surface area contributed by atoms with Gasteiger partial charge in [0.2, 0.25) is 0 Å². The Morgan fingerprint density at radius 2 is 2.35 bits per heavy atom. The van der Waals surface area contributed by atoms with Crippen molar-refractivity contribution >= 4 is 5.91 Å². The molecule has 5 nitrogen and oxygen atoms in total. The van der Waals surface area contributed by atoms with Gasteiger partial charge in [0.15, 0.2) is 0 Å². The maximum Gasteiger partial charge on any atom is 0.255 e. The van der Waals surface area contributed by atoms with Gasteiger partial charge in [-0.2, -0.15) is 0 Å². The molecule has 0 atom stereocenters. The maximum atomic E-state index is 12.5. The van der Waals surface area contributed by atoms with Crippen LogP contribution in [0.2, 0.25) is 0 Å². The van der Waals surface area contributed by atoms with Gasteiger partial charge in [0.25, 0.3) is 5.91 Å². The summed E-state index contributed by atoms with van der Waals surface area (Å²) in [5.41, 5.74) is 1.16. The molecule has 2 rings (SSSR count). The zero-order valence-electron chi connectivity index (χ0n) is 11.5. The largest absolute Gasteiger partial charge is 0.384 e. The second kappa shape index (κ2) is 7.04. The van der Waals surface area contributed by atoms with Crippen molar-refractivity contribution in [2.75, 3.05) is 26.9 Å². The zero-order chi connectivity index (χ0) is 14.4. The lowest BCUT2D eigenvalue weighted by atomic mass is 10.2. The number of carbonyl (C=O) groups is 1. The summed E-state index contributed by atoms with van der Waals surface area (Å²) in [4.78, 5) is 18.4. The van der Waals surface area contributed by atoms with Crippen LogP contribution in [0.3, 0.4) is 0 Å². The summed E-state index contributed by atoms with van der Waals surface area (Å²) in [6.07, 6.45) is 5.23. The van der Waals surface area contributed by atoms with E-state index in [1.165, 1.54) is 0 Å². The Kier molecular flexibility index (Phi) is 5.10. The number of aliphatic hydroxyl groups excluding tert-OH is 1. The molecule has 1 aliphatic carbocycles. The fraction of sp³-hybridized carbons (Fsp3) is 0.467. The van der Waals surface area contributed by atoms with Gasteiger partial charge in [0.1, 0.15) is 6.61 Å². The molecule has 0 spiro atoms. The number of nitrogens with zero attached hydrogens (tertiary/aromatic N) is 2. The lowest BCUT2D eigenvalue weighted by Crippen LogP contribution is -2.35. The molecule has 5 heteroatoms. The van der Waals surface area contributed by atoms with Crippen LogP contribution in [0.4, 0.5) is 0 Å². The van der Waals surface area contributed by atoms with Crippen molar-refractivity contribution in [2.24, 2.45) is 0 Å². The summed E-state index contributed by atoms with van der Waals surface area (Å²) in [6.45, 7) is 0.909. The normalized spacial score (nSPS) is 13.5.